The molecule has 7 heteroatoms. The summed E-state index contributed by atoms with van der Waals surface area (Å²) in [5, 5.41) is 14.0. The first-order valence-corrected chi connectivity index (χ1v) is 8.41. The van der Waals surface area contributed by atoms with Crippen molar-refractivity contribution in [3.05, 3.63) is 42.5 Å². The number of para-hydroxylation sites is 2. The summed E-state index contributed by atoms with van der Waals surface area (Å²) in [5.41, 5.74) is 3.83. The maximum Gasteiger partial charge on any atom is 0.319 e. The summed E-state index contributed by atoms with van der Waals surface area (Å²) < 4.78 is 0. The maximum atomic E-state index is 12.1. The molecule has 4 rings (SSSR count). The highest BCUT2D eigenvalue weighted by molar-refractivity contribution is 5.98. The molecule has 0 saturated carbocycles. The molecule has 0 saturated heterocycles. The van der Waals surface area contributed by atoms with Gasteiger partial charge in [0.15, 0.2) is 5.82 Å². The summed E-state index contributed by atoms with van der Waals surface area (Å²) in [7, 11) is 0. The number of aromatic amines is 2. The van der Waals surface area contributed by atoms with Crippen molar-refractivity contribution in [1.29, 1.82) is 0 Å². The second kappa shape index (κ2) is 5.87. The molecular weight excluding hydrogens is 328 g/mol. The van der Waals surface area contributed by atoms with E-state index in [1.54, 1.807) is 0 Å². The lowest BCUT2D eigenvalue weighted by molar-refractivity contribution is 0.244. The molecule has 0 fully saturated rings. The zero-order valence-electron chi connectivity index (χ0n) is 14.8. The van der Waals surface area contributed by atoms with E-state index in [9.17, 15) is 4.79 Å². The number of benzene rings is 2. The van der Waals surface area contributed by atoms with Gasteiger partial charge in [0.1, 0.15) is 5.69 Å². The van der Waals surface area contributed by atoms with Crippen LogP contribution in [-0.2, 0) is 0 Å². The lowest BCUT2D eigenvalue weighted by atomic mass is 10.1. The van der Waals surface area contributed by atoms with Crippen LogP contribution in [0.1, 0.15) is 20.8 Å². The molecule has 2 aromatic carbocycles. The number of carbonyl (C=O) groups excluding carboxylic acids is 1. The van der Waals surface area contributed by atoms with E-state index in [4.69, 9.17) is 0 Å². The first-order valence-electron chi connectivity index (χ1n) is 8.41. The van der Waals surface area contributed by atoms with E-state index in [1.807, 2.05) is 63.2 Å². The number of H-pyrrole nitrogens is 2. The van der Waals surface area contributed by atoms with Crippen LogP contribution in [0, 0.1) is 0 Å². The summed E-state index contributed by atoms with van der Waals surface area (Å²) in [5.74, 6) is 0.689. The molecule has 2 amide bonds. The van der Waals surface area contributed by atoms with Crippen LogP contribution in [0.4, 0.5) is 10.5 Å². The number of urea groups is 1. The molecule has 2 aromatic heterocycles. The zero-order chi connectivity index (χ0) is 18.3. The number of nitrogens with zero attached hydrogens (tertiary/aromatic N) is 2. The quantitative estimate of drug-likeness (QED) is 0.440. The van der Waals surface area contributed by atoms with Crippen molar-refractivity contribution >= 4 is 33.7 Å². The number of amides is 2. The van der Waals surface area contributed by atoms with Crippen molar-refractivity contribution in [2.45, 2.75) is 26.3 Å². The highest BCUT2D eigenvalue weighted by Crippen LogP contribution is 2.28. The lowest BCUT2D eigenvalue weighted by Crippen LogP contribution is -2.43. The van der Waals surface area contributed by atoms with Gasteiger partial charge in [0.2, 0.25) is 0 Å². The van der Waals surface area contributed by atoms with Crippen LogP contribution < -0.4 is 10.6 Å². The van der Waals surface area contributed by atoms with E-state index in [2.05, 4.69) is 30.8 Å². The Balaban J connectivity index is 1.69. The number of fused-ring (bicyclic) bond motifs is 2. The molecule has 0 aliphatic heterocycles. The number of carbonyl (C=O) groups is 1. The SMILES string of the molecule is CC(C)(C)NC(=O)Nc1ccc2[nH]nc(-c3nc4ccccc4[nH]3)c2c1. The summed E-state index contributed by atoms with van der Waals surface area (Å²) in [6.45, 7) is 5.81. The van der Waals surface area contributed by atoms with E-state index in [1.165, 1.54) is 0 Å². The van der Waals surface area contributed by atoms with Gasteiger partial charge in [-0.2, -0.15) is 5.10 Å². The minimum absolute atomic E-state index is 0.245. The minimum Gasteiger partial charge on any atom is -0.337 e. The maximum absolute atomic E-state index is 12.1. The highest BCUT2D eigenvalue weighted by Gasteiger charge is 2.16. The minimum atomic E-state index is -0.302. The molecule has 0 bridgehead atoms. The first kappa shape index (κ1) is 16.1. The van der Waals surface area contributed by atoms with E-state index >= 15 is 0 Å². The molecule has 2 heterocycles. The van der Waals surface area contributed by atoms with E-state index in [0.29, 0.717) is 11.5 Å². The van der Waals surface area contributed by atoms with Gasteiger partial charge in [-0.15, -0.1) is 0 Å². The summed E-state index contributed by atoms with van der Waals surface area (Å²) in [4.78, 5) is 20.0. The second-order valence-corrected chi connectivity index (χ2v) is 7.26. The third-order valence-corrected chi connectivity index (χ3v) is 3.92. The largest absolute Gasteiger partial charge is 0.337 e. The van der Waals surface area contributed by atoms with Crippen LogP contribution in [0.3, 0.4) is 0 Å². The van der Waals surface area contributed by atoms with Gasteiger partial charge in [0.05, 0.1) is 16.6 Å². The molecule has 0 atom stereocenters. The molecule has 7 nitrogen and oxygen atoms in total. The van der Waals surface area contributed by atoms with Gasteiger partial charge in [-0.1, -0.05) is 12.1 Å². The lowest BCUT2D eigenvalue weighted by Gasteiger charge is -2.20. The van der Waals surface area contributed by atoms with E-state index in [-0.39, 0.29) is 11.6 Å². The van der Waals surface area contributed by atoms with Crippen LogP contribution >= 0.6 is 0 Å². The molecule has 4 N–H and O–H groups in total. The van der Waals surface area contributed by atoms with Gasteiger partial charge >= 0.3 is 6.03 Å². The number of aromatic nitrogens is 4. The highest BCUT2D eigenvalue weighted by atomic mass is 16.2. The molecule has 0 radical (unpaired) electrons. The van der Waals surface area contributed by atoms with Crippen LogP contribution in [0.25, 0.3) is 33.5 Å². The fourth-order valence-corrected chi connectivity index (χ4v) is 2.84. The second-order valence-electron chi connectivity index (χ2n) is 7.26. The fourth-order valence-electron chi connectivity index (χ4n) is 2.84. The monoisotopic (exact) mass is 348 g/mol. The van der Waals surface area contributed by atoms with E-state index in [0.717, 1.165) is 27.6 Å². The topological polar surface area (TPSA) is 98.5 Å². The third-order valence-electron chi connectivity index (χ3n) is 3.92. The standard InChI is InChI=1S/C19H20N6O/c1-19(2,3)23-18(26)20-11-8-9-13-12(10-11)16(25-24-13)17-21-14-6-4-5-7-15(14)22-17/h4-10H,1-3H3,(H,21,22)(H,24,25)(H2,20,23,26). The molecule has 0 unspecified atom stereocenters. The number of anilines is 1. The number of rotatable bonds is 2. The van der Waals surface area contributed by atoms with Crippen molar-refractivity contribution in [1.82, 2.24) is 25.5 Å². The van der Waals surface area contributed by atoms with Crippen LogP contribution in [0.15, 0.2) is 42.5 Å². The van der Waals surface area contributed by atoms with Crippen LogP contribution in [0.2, 0.25) is 0 Å². The van der Waals surface area contributed by atoms with Crippen molar-refractivity contribution in [3.63, 3.8) is 0 Å². The van der Waals surface area contributed by atoms with Gasteiger partial charge in [-0.3, -0.25) is 5.10 Å². The summed E-state index contributed by atoms with van der Waals surface area (Å²) in [6.07, 6.45) is 0. The number of nitrogens with one attached hydrogen (secondary N) is 4. The summed E-state index contributed by atoms with van der Waals surface area (Å²) >= 11 is 0. The van der Waals surface area contributed by atoms with Crippen LogP contribution in [0.5, 0.6) is 0 Å². The normalized spacial score (nSPS) is 11.8. The number of hydrogen-bond donors (Lipinski definition) is 4. The first-order chi connectivity index (χ1) is 12.4. The average molecular weight is 348 g/mol. The van der Waals surface area contributed by atoms with Gasteiger partial charge in [-0.25, -0.2) is 9.78 Å². The van der Waals surface area contributed by atoms with Gasteiger partial charge in [0, 0.05) is 16.6 Å². The Morgan fingerprint density at radius 2 is 1.88 bits per heavy atom. The predicted molar refractivity (Wildman–Crippen MR) is 103 cm³/mol. The average Bonchev–Trinajstić information content (AvgIpc) is 3.15. The van der Waals surface area contributed by atoms with Crippen LogP contribution in [-0.4, -0.2) is 31.7 Å². The Morgan fingerprint density at radius 3 is 2.65 bits per heavy atom. The predicted octanol–water partition coefficient (Wildman–Crippen LogP) is 4.03. The number of imidazole rings is 1. The Bertz CT molecular complexity index is 1070. The molecule has 0 spiro atoms. The molecular formula is C19H20N6O. The summed E-state index contributed by atoms with van der Waals surface area (Å²) in [6, 6.07) is 13.2. The van der Waals surface area contributed by atoms with Crippen molar-refractivity contribution in [2.24, 2.45) is 0 Å². The number of hydrogen-bond acceptors (Lipinski definition) is 3. The molecule has 4 aromatic rings. The van der Waals surface area contributed by atoms with E-state index < -0.39 is 0 Å². The Kier molecular flexibility index (Phi) is 3.64. The zero-order valence-corrected chi connectivity index (χ0v) is 14.8. The Labute approximate surface area is 150 Å². The Hall–Kier alpha value is -3.35. The Morgan fingerprint density at radius 1 is 1.08 bits per heavy atom. The molecule has 26 heavy (non-hydrogen) atoms. The third kappa shape index (κ3) is 3.11. The van der Waals surface area contributed by atoms with Crippen molar-refractivity contribution in [3.8, 4) is 11.5 Å². The smallest absolute Gasteiger partial charge is 0.319 e. The molecule has 0 aliphatic carbocycles. The fraction of sp³-hybridized carbons (Fsp3) is 0.211. The molecule has 132 valence electrons. The van der Waals surface area contributed by atoms with Crippen molar-refractivity contribution < 1.29 is 4.79 Å². The van der Waals surface area contributed by atoms with Gasteiger partial charge < -0.3 is 15.6 Å². The van der Waals surface area contributed by atoms with Gasteiger partial charge in [0.25, 0.3) is 0 Å². The van der Waals surface area contributed by atoms with Crippen molar-refractivity contribution in [2.75, 3.05) is 5.32 Å². The van der Waals surface area contributed by atoms with Gasteiger partial charge in [-0.05, 0) is 51.1 Å². The molecule has 0 aliphatic rings.